The van der Waals surface area contributed by atoms with Gasteiger partial charge >= 0.3 is 0 Å². The fraction of sp³-hybridized carbons (Fsp3) is 0.533. The van der Waals surface area contributed by atoms with E-state index in [1.807, 2.05) is 12.1 Å². The second-order valence-electron chi connectivity index (χ2n) is 4.96. The van der Waals surface area contributed by atoms with Crippen molar-refractivity contribution in [2.24, 2.45) is 0 Å². The normalized spacial score (nSPS) is 12.0. The molecule has 0 saturated carbocycles. The summed E-state index contributed by atoms with van der Waals surface area (Å²) < 4.78 is 26.9. The van der Waals surface area contributed by atoms with Gasteiger partial charge in [0.1, 0.15) is 0 Å². The van der Waals surface area contributed by atoms with Crippen LogP contribution in [0, 0.1) is 5.21 Å². The molecule has 0 radical (unpaired) electrons. The number of allylic oxidation sites excluding steroid dienone is 1. The van der Waals surface area contributed by atoms with Crippen LogP contribution in [0.4, 0.5) is 0 Å². The van der Waals surface area contributed by atoms with E-state index in [-0.39, 0.29) is 6.61 Å². The third-order valence-electron chi connectivity index (χ3n) is 2.92. The standard InChI is InChI=1S/C15H23NO4S/c1-21(18,19)20-13-8-6-4-2-3-5-7-10-15-11-9-12-16(17)14-15/h4,6,9,11-12,14H,2-3,5,7-8,10,13H2,1H3/b6-4+. The van der Waals surface area contributed by atoms with Crippen LogP contribution in [0.25, 0.3) is 0 Å². The van der Waals surface area contributed by atoms with E-state index in [0.717, 1.165) is 48.7 Å². The van der Waals surface area contributed by atoms with E-state index in [0.29, 0.717) is 6.42 Å². The lowest BCUT2D eigenvalue weighted by Gasteiger charge is -2.01. The smallest absolute Gasteiger partial charge is 0.264 e. The Labute approximate surface area is 127 Å². The van der Waals surface area contributed by atoms with Gasteiger partial charge in [-0.25, -0.2) is 0 Å². The van der Waals surface area contributed by atoms with Crippen LogP contribution in [0.2, 0.25) is 0 Å². The molecule has 0 fully saturated rings. The summed E-state index contributed by atoms with van der Waals surface area (Å²) in [5.74, 6) is 0. The van der Waals surface area contributed by atoms with E-state index in [1.54, 1.807) is 12.3 Å². The Morgan fingerprint density at radius 3 is 2.71 bits per heavy atom. The fourth-order valence-electron chi connectivity index (χ4n) is 1.92. The largest absolute Gasteiger partial charge is 0.619 e. The maximum Gasteiger partial charge on any atom is 0.264 e. The van der Waals surface area contributed by atoms with Crippen LogP contribution in [0.1, 0.15) is 37.7 Å². The van der Waals surface area contributed by atoms with E-state index < -0.39 is 10.1 Å². The van der Waals surface area contributed by atoms with E-state index in [2.05, 4.69) is 10.3 Å². The van der Waals surface area contributed by atoms with Gasteiger partial charge in [0.25, 0.3) is 10.1 Å². The molecule has 1 aromatic rings. The van der Waals surface area contributed by atoms with Gasteiger partial charge in [-0.2, -0.15) is 13.1 Å². The minimum Gasteiger partial charge on any atom is -0.619 e. The van der Waals surface area contributed by atoms with Gasteiger partial charge in [0, 0.05) is 11.6 Å². The van der Waals surface area contributed by atoms with Gasteiger partial charge in [-0.15, -0.1) is 0 Å². The summed E-state index contributed by atoms with van der Waals surface area (Å²) in [7, 11) is -3.32. The Kier molecular flexibility index (Phi) is 8.00. The van der Waals surface area contributed by atoms with Crippen LogP contribution >= 0.6 is 0 Å². The quantitative estimate of drug-likeness (QED) is 0.218. The van der Waals surface area contributed by atoms with E-state index in [4.69, 9.17) is 0 Å². The second-order valence-corrected chi connectivity index (χ2v) is 6.60. The third-order valence-corrected chi connectivity index (χ3v) is 3.52. The molecule has 0 spiro atoms. The number of nitrogens with zero attached hydrogens (tertiary/aromatic N) is 1. The maximum atomic E-state index is 11.1. The van der Waals surface area contributed by atoms with Gasteiger partial charge < -0.3 is 5.21 Å². The Hall–Kier alpha value is -1.40. The fourth-order valence-corrected chi connectivity index (χ4v) is 2.32. The van der Waals surface area contributed by atoms with E-state index in [9.17, 15) is 13.6 Å². The number of hydrogen-bond donors (Lipinski definition) is 0. The zero-order valence-corrected chi connectivity index (χ0v) is 13.2. The Balaban J connectivity index is 1.99. The van der Waals surface area contributed by atoms with E-state index >= 15 is 0 Å². The first-order valence-electron chi connectivity index (χ1n) is 7.14. The van der Waals surface area contributed by atoms with Crippen molar-refractivity contribution in [2.75, 3.05) is 12.9 Å². The van der Waals surface area contributed by atoms with E-state index in [1.165, 1.54) is 6.20 Å². The Morgan fingerprint density at radius 2 is 2.00 bits per heavy atom. The minimum absolute atomic E-state index is 0.207. The molecule has 0 saturated heterocycles. The molecule has 0 unspecified atom stereocenters. The average molecular weight is 313 g/mol. The monoisotopic (exact) mass is 313 g/mol. The Morgan fingerprint density at radius 1 is 1.24 bits per heavy atom. The molecule has 0 aliphatic carbocycles. The van der Waals surface area contributed by atoms with Crippen molar-refractivity contribution >= 4 is 10.1 Å². The van der Waals surface area contributed by atoms with Gasteiger partial charge in [0.2, 0.25) is 0 Å². The molecule has 0 N–H and O–H groups in total. The first-order chi connectivity index (χ1) is 9.97. The third kappa shape index (κ3) is 10.0. The summed E-state index contributed by atoms with van der Waals surface area (Å²) in [5, 5.41) is 11.1. The van der Waals surface area contributed by atoms with Crippen molar-refractivity contribution in [3.05, 3.63) is 47.4 Å². The first kappa shape index (κ1) is 17.7. The summed E-state index contributed by atoms with van der Waals surface area (Å²) in [4.78, 5) is 0. The molecule has 1 rings (SSSR count). The highest BCUT2D eigenvalue weighted by molar-refractivity contribution is 7.85. The maximum absolute atomic E-state index is 11.1. The van der Waals surface area contributed by atoms with Crippen molar-refractivity contribution in [1.29, 1.82) is 0 Å². The van der Waals surface area contributed by atoms with Crippen LogP contribution in [-0.2, 0) is 20.7 Å². The molecule has 0 amide bonds. The molecule has 6 heteroatoms. The molecule has 1 aromatic heterocycles. The van der Waals surface area contributed by atoms with Gasteiger partial charge in [-0.1, -0.05) is 18.6 Å². The molecular weight excluding hydrogens is 290 g/mol. The lowest BCUT2D eigenvalue weighted by atomic mass is 10.1. The van der Waals surface area contributed by atoms with Crippen molar-refractivity contribution in [3.8, 4) is 0 Å². The molecule has 0 aliphatic heterocycles. The highest BCUT2D eigenvalue weighted by atomic mass is 32.2. The number of rotatable bonds is 10. The van der Waals surface area contributed by atoms with Crippen molar-refractivity contribution in [3.63, 3.8) is 0 Å². The van der Waals surface area contributed by atoms with Crippen molar-refractivity contribution in [2.45, 2.75) is 38.5 Å². The average Bonchev–Trinajstić information content (AvgIpc) is 2.40. The summed E-state index contributed by atoms with van der Waals surface area (Å²) in [6, 6.07) is 3.74. The SMILES string of the molecule is CS(=O)(=O)OCC/C=C/CCCCCc1ccc[n+]([O-])c1. The summed E-state index contributed by atoms with van der Waals surface area (Å²) in [5.41, 5.74) is 1.07. The van der Waals surface area contributed by atoms with Crippen LogP contribution in [0.3, 0.4) is 0 Å². The predicted octanol–water partition coefficient (Wildman–Crippen LogP) is 2.35. The lowest BCUT2D eigenvalue weighted by Crippen LogP contribution is -2.24. The highest BCUT2D eigenvalue weighted by Crippen LogP contribution is 2.07. The zero-order chi connectivity index (χ0) is 15.6. The molecule has 21 heavy (non-hydrogen) atoms. The van der Waals surface area contributed by atoms with Gasteiger partial charge in [-0.3, -0.25) is 4.18 Å². The van der Waals surface area contributed by atoms with Crippen molar-refractivity contribution < 1.29 is 17.3 Å². The molecule has 0 bridgehead atoms. The first-order valence-corrected chi connectivity index (χ1v) is 8.96. The van der Waals surface area contributed by atoms with Crippen LogP contribution < -0.4 is 4.73 Å². The summed E-state index contributed by atoms with van der Waals surface area (Å²) in [6.07, 6.45) is 13.9. The highest BCUT2D eigenvalue weighted by Gasteiger charge is 1.99. The number of aryl methyl sites for hydroxylation is 1. The predicted molar refractivity (Wildman–Crippen MR) is 82.1 cm³/mol. The summed E-state index contributed by atoms with van der Waals surface area (Å²) in [6.45, 7) is 0.207. The molecule has 0 aromatic carbocycles. The summed E-state index contributed by atoms with van der Waals surface area (Å²) >= 11 is 0. The number of pyridine rings is 1. The molecule has 118 valence electrons. The van der Waals surface area contributed by atoms with Crippen molar-refractivity contribution in [1.82, 2.24) is 0 Å². The lowest BCUT2D eigenvalue weighted by molar-refractivity contribution is -0.605. The molecule has 1 heterocycles. The number of unbranched alkanes of at least 4 members (excludes halogenated alkanes) is 3. The van der Waals surface area contributed by atoms with Gasteiger partial charge in [0.05, 0.1) is 12.9 Å². The Bertz CT molecular complexity index is 540. The molecule has 0 aliphatic rings. The van der Waals surface area contributed by atoms with Crippen LogP contribution in [0.5, 0.6) is 0 Å². The molecule has 5 nitrogen and oxygen atoms in total. The second kappa shape index (κ2) is 9.52. The molecular formula is C15H23NO4S. The number of aromatic nitrogens is 1. The topological polar surface area (TPSA) is 70.3 Å². The molecule has 0 atom stereocenters. The van der Waals surface area contributed by atoms with Gasteiger partial charge in [-0.05, 0) is 38.2 Å². The van der Waals surface area contributed by atoms with Gasteiger partial charge in [0.15, 0.2) is 12.4 Å². The minimum atomic E-state index is -3.32. The van der Waals surface area contributed by atoms with Crippen LogP contribution in [-0.4, -0.2) is 21.3 Å². The van der Waals surface area contributed by atoms with Crippen LogP contribution in [0.15, 0.2) is 36.7 Å². The number of hydrogen-bond acceptors (Lipinski definition) is 4. The zero-order valence-electron chi connectivity index (χ0n) is 12.4.